The van der Waals surface area contributed by atoms with Crippen molar-refractivity contribution in [1.29, 1.82) is 0 Å². The lowest BCUT2D eigenvalue weighted by molar-refractivity contribution is 0.0697. The van der Waals surface area contributed by atoms with Crippen LogP contribution in [0.1, 0.15) is 10.4 Å². The molecule has 6 heteroatoms. The van der Waals surface area contributed by atoms with Crippen LogP contribution in [0.25, 0.3) is 10.1 Å². The zero-order valence-electron chi connectivity index (χ0n) is 10.1. The number of pyridine rings is 1. The van der Waals surface area contributed by atoms with Crippen LogP contribution in [0.2, 0.25) is 5.02 Å². The number of carboxylic acid groups (broad SMARTS) is 1. The third-order valence-corrected chi connectivity index (χ3v) is 4.01. The fourth-order valence-corrected chi connectivity index (χ4v) is 2.82. The van der Waals surface area contributed by atoms with E-state index in [1.54, 1.807) is 11.3 Å². The highest BCUT2D eigenvalue weighted by molar-refractivity contribution is 7.17. The Hall–Kier alpha value is -2.11. The van der Waals surface area contributed by atoms with Gasteiger partial charge in [-0.1, -0.05) is 11.6 Å². The lowest BCUT2D eigenvalue weighted by Gasteiger charge is -2.07. The van der Waals surface area contributed by atoms with E-state index in [4.69, 9.17) is 16.7 Å². The lowest BCUT2D eigenvalue weighted by atomic mass is 10.2. The number of carboxylic acids is 1. The molecule has 0 bridgehead atoms. The topological polar surface area (TPSA) is 62.2 Å². The van der Waals surface area contributed by atoms with Gasteiger partial charge in [0.25, 0.3) is 0 Å². The third-order valence-electron chi connectivity index (χ3n) is 2.81. The van der Waals surface area contributed by atoms with Crippen molar-refractivity contribution in [3.05, 3.63) is 52.5 Å². The highest BCUT2D eigenvalue weighted by Gasteiger charge is 2.10. The fourth-order valence-electron chi connectivity index (χ4n) is 1.86. The molecule has 0 aliphatic rings. The number of benzene rings is 1. The highest BCUT2D eigenvalue weighted by Crippen LogP contribution is 2.26. The molecule has 20 heavy (non-hydrogen) atoms. The summed E-state index contributed by atoms with van der Waals surface area (Å²) in [7, 11) is 0. The molecule has 0 spiro atoms. The minimum Gasteiger partial charge on any atom is -0.478 e. The standard InChI is InChI=1S/C14H9ClN2O2S/c15-11-7-16-13(6-10(11)14(18)19)17-9-1-2-12-8(5-9)3-4-20-12/h1-7H,(H,16,17)(H,18,19). The molecule has 0 amide bonds. The molecule has 3 rings (SSSR count). The summed E-state index contributed by atoms with van der Waals surface area (Å²) < 4.78 is 1.20. The second-order valence-corrected chi connectivity index (χ2v) is 5.51. The van der Waals surface area contributed by atoms with Crippen LogP contribution in [0.4, 0.5) is 11.5 Å². The summed E-state index contributed by atoms with van der Waals surface area (Å²) in [5.41, 5.74) is 0.878. The Bertz CT molecular complexity index is 801. The van der Waals surface area contributed by atoms with Gasteiger partial charge in [0.05, 0.1) is 10.6 Å². The molecule has 0 aliphatic heterocycles. The zero-order valence-corrected chi connectivity index (χ0v) is 11.7. The first-order chi connectivity index (χ1) is 9.63. The number of aromatic nitrogens is 1. The maximum absolute atomic E-state index is 11.0. The molecule has 2 aromatic heterocycles. The quantitative estimate of drug-likeness (QED) is 0.753. The summed E-state index contributed by atoms with van der Waals surface area (Å²) in [5, 5.41) is 15.4. The SMILES string of the molecule is O=C(O)c1cc(Nc2ccc3sccc3c2)ncc1Cl. The Morgan fingerprint density at radius 1 is 1.30 bits per heavy atom. The van der Waals surface area contributed by atoms with E-state index in [-0.39, 0.29) is 10.6 Å². The van der Waals surface area contributed by atoms with Crippen LogP contribution in [-0.2, 0) is 0 Å². The van der Waals surface area contributed by atoms with Crippen molar-refractivity contribution in [2.75, 3.05) is 5.32 Å². The summed E-state index contributed by atoms with van der Waals surface area (Å²) >= 11 is 7.46. The van der Waals surface area contributed by atoms with Crippen LogP contribution in [0.5, 0.6) is 0 Å². The Kier molecular flexibility index (Phi) is 3.30. The van der Waals surface area contributed by atoms with Crippen molar-refractivity contribution < 1.29 is 9.90 Å². The van der Waals surface area contributed by atoms with Crippen molar-refractivity contribution in [3.63, 3.8) is 0 Å². The number of thiophene rings is 1. The predicted octanol–water partition coefficient (Wildman–Crippen LogP) is 4.39. The van der Waals surface area contributed by atoms with Gasteiger partial charge in [-0.15, -0.1) is 11.3 Å². The van der Waals surface area contributed by atoms with E-state index in [0.29, 0.717) is 5.82 Å². The number of fused-ring (bicyclic) bond motifs is 1. The van der Waals surface area contributed by atoms with Crippen LogP contribution >= 0.6 is 22.9 Å². The Morgan fingerprint density at radius 2 is 2.15 bits per heavy atom. The lowest BCUT2D eigenvalue weighted by Crippen LogP contribution is -2.01. The molecular formula is C14H9ClN2O2S. The zero-order chi connectivity index (χ0) is 14.1. The van der Waals surface area contributed by atoms with E-state index < -0.39 is 5.97 Å². The summed E-state index contributed by atoms with van der Waals surface area (Å²) in [6.07, 6.45) is 1.33. The Labute approximate surface area is 123 Å². The van der Waals surface area contributed by atoms with Gasteiger partial charge in [-0.2, -0.15) is 0 Å². The van der Waals surface area contributed by atoms with Gasteiger partial charge in [0.15, 0.2) is 0 Å². The number of hydrogen-bond acceptors (Lipinski definition) is 4. The van der Waals surface area contributed by atoms with E-state index in [0.717, 1.165) is 11.1 Å². The van der Waals surface area contributed by atoms with Crippen molar-refractivity contribution in [1.82, 2.24) is 4.98 Å². The highest BCUT2D eigenvalue weighted by atomic mass is 35.5. The summed E-state index contributed by atoms with van der Waals surface area (Å²) in [5.74, 6) is -0.630. The summed E-state index contributed by atoms with van der Waals surface area (Å²) in [6, 6.07) is 9.38. The molecule has 0 unspecified atom stereocenters. The van der Waals surface area contributed by atoms with Crippen LogP contribution in [0.3, 0.4) is 0 Å². The average molecular weight is 305 g/mol. The molecular weight excluding hydrogens is 296 g/mol. The second-order valence-electron chi connectivity index (χ2n) is 4.15. The van der Waals surface area contributed by atoms with Gasteiger partial charge in [0.2, 0.25) is 0 Å². The molecule has 1 aromatic carbocycles. The van der Waals surface area contributed by atoms with Gasteiger partial charge in [0, 0.05) is 16.6 Å². The minimum atomic E-state index is -1.08. The van der Waals surface area contributed by atoms with E-state index in [2.05, 4.69) is 10.3 Å². The molecule has 0 aliphatic carbocycles. The number of nitrogens with zero attached hydrogens (tertiary/aromatic N) is 1. The van der Waals surface area contributed by atoms with Gasteiger partial charge < -0.3 is 10.4 Å². The van der Waals surface area contributed by atoms with E-state index >= 15 is 0 Å². The van der Waals surface area contributed by atoms with Gasteiger partial charge >= 0.3 is 5.97 Å². The molecule has 100 valence electrons. The van der Waals surface area contributed by atoms with Crippen LogP contribution in [0.15, 0.2) is 41.9 Å². The van der Waals surface area contributed by atoms with Crippen LogP contribution in [-0.4, -0.2) is 16.1 Å². The van der Waals surface area contributed by atoms with Gasteiger partial charge in [-0.3, -0.25) is 0 Å². The predicted molar refractivity (Wildman–Crippen MR) is 81.3 cm³/mol. The first-order valence-corrected chi connectivity index (χ1v) is 7.02. The van der Waals surface area contributed by atoms with Crippen LogP contribution < -0.4 is 5.32 Å². The normalized spacial score (nSPS) is 10.7. The number of halogens is 1. The van der Waals surface area contributed by atoms with Crippen molar-refractivity contribution in [2.45, 2.75) is 0 Å². The molecule has 0 radical (unpaired) electrons. The minimum absolute atomic E-state index is 0.0285. The summed E-state index contributed by atoms with van der Waals surface area (Å²) in [4.78, 5) is 15.1. The molecule has 0 fully saturated rings. The smallest absolute Gasteiger partial charge is 0.337 e. The second kappa shape index (κ2) is 5.11. The first kappa shape index (κ1) is 12.9. The van der Waals surface area contributed by atoms with Crippen molar-refractivity contribution >= 4 is 50.5 Å². The Balaban J connectivity index is 1.94. The number of nitrogens with one attached hydrogen (secondary N) is 1. The third kappa shape index (κ3) is 2.45. The summed E-state index contributed by atoms with van der Waals surface area (Å²) in [6.45, 7) is 0. The van der Waals surface area contributed by atoms with Gasteiger partial charge in [-0.25, -0.2) is 9.78 Å². The monoisotopic (exact) mass is 304 g/mol. The van der Waals surface area contributed by atoms with Crippen molar-refractivity contribution in [2.24, 2.45) is 0 Å². The number of carbonyl (C=O) groups is 1. The molecule has 4 nitrogen and oxygen atoms in total. The maximum Gasteiger partial charge on any atom is 0.337 e. The first-order valence-electron chi connectivity index (χ1n) is 5.76. The number of hydrogen-bond donors (Lipinski definition) is 2. The number of rotatable bonds is 3. The molecule has 3 aromatic rings. The largest absolute Gasteiger partial charge is 0.478 e. The number of anilines is 2. The molecule has 2 N–H and O–H groups in total. The molecule has 2 heterocycles. The maximum atomic E-state index is 11.0. The Morgan fingerprint density at radius 3 is 2.95 bits per heavy atom. The van der Waals surface area contributed by atoms with Crippen molar-refractivity contribution in [3.8, 4) is 0 Å². The molecule has 0 saturated carbocycles. The van der Waals surface area contributed by atoms with Gasteiger partial charge in [0.1, 0.15) is 5.82 Å². The molecule has 0 atom stereocenters. The van der Waals surface area contributed by atoms with E-state index in [1.807, 2.05) is 29.6 Å². The fraction of sp³-hybridized carbons (Fsp3) is 0. The van der Waals surface area contributed by atoms with E-state index in [9.17, 15) is 4.79 Å². The van der Waals surface area contributed by atoms with Crippen LogP contribution in [0, 0.1) is 0 Å². The molecule has 0 saturated heterocycles. The average Bonchev–Trinajstić information content (AvgIpc) is 2.88. The number of aromatic carboxylic acids is 1. The van der Waals surface area contributed by atoms with E-state index in [1.165, 1.54) is 17.0 Å². The van der Waals surface area contributed by atoms with Gasteiger partial charge in [-0.05, 0) is 41.1 Å².